The molecule has 0 aromatic heterocycles. The highest BCUT2D eigenvalue weighted by atomic mass is 32.2. The number of amidine groups is 2. The first-order valence-electron chi connectivity index (χ1n) is 12.9. The fourth-order valence-electron chi connectivity index (χ4n) is 5.64. The molecule has 3 aliphatic heterocycles. The lowest BCUT2D eigenvalue weighted by molar-refractivity contribution is -0.124. The van der Waals surface area contributed by atoms with Crippen molar-refractivity contribution in [3.05, 3.63) is 34.2 Å². The lowest BCUT2D eigenvalue weighted by Gasteiger charge is -2.34. The maximum absolute atomic E-state index is 13.1. The van der Waals surface area contributed by atoms with Crippen molar-refractivity contribution in [2.75, 3.05) is 30.7 Å². The van der Waals surface area contributed by atoms with Gasteiger partial charge in [0.1, 0.15) is 11.4 Å². The third-order valence-electron chi connectivity index (χ3n) is 7.74. The number of nitrogens with one attached hydrogen (secondary N) is 2. The van der Waals surface area contributed by atoms with E-state index in [0.717, 1.165) is 58.5 Å². The van der Waals surface area contributed by atoms with Crippen molar-refractivity contribution in [1.29, 1.82) is 0 Å². The minimum atomic E-state index is -3.61. The molecule has 1 saturated heterocycles. The van der Waals surface area contributed by atoms with Crippen LogP contribution in [-0.2, 0) is 14.8 Å². The highest BCUT2D eigenvalue weighted by molar-refractivity contribution is 8.14. The van der Waals surface area contributed by atoms with Crippen LogP contribution in [0.15, 0.2) is 27.5 Å². The molecule has 1 spiro atoms. The summed E-state index contributed by atoms with van der Waals surface area (Å²) in [6.45, 7) is 5.39. The Morgan fingerprint density at radius 1 is 1.14 bits per heavy atom. The minimum absolute atomic E-state index is 0.0578. The van der Waals surface area contributed by atoms with Crippen LogP contribution in [0.3, 0.4) is 0 Å². The van der Waals surface area contributed by atoms with Gasteiger partial charge >= 0.3 is 0 Å². The van der Waals surface area contributed by atoms with Gasteiger partial charge < -0.3 is 10.6 Å². The molecule has 4 aliphatic rings. The van der Waals surface area contributed by atoms with Gasteiger partial charge in [0.15, 0.2) is 5.17 Å². The highest BCUT2D eigenvalue weighted by Gasteiger charge is 2.48. The van der Waals surface area contributed by atoms with Crippen LogP contribution < -0.4 is 10.6 Å². The number of nitrogens with zero attached hydrogens (tertiary/aromatic N) is 3. The lowest BCUT2D eigenvalue weighted by atomic mass is 9.88. The fraction of sp³-hybridized carbons (Fsp3) is 0.577. The zero-order chi connectivity index (χ0) is 25.3. The van der Waals surface area contributed by atoms with Gasteiger partial charge in [-0.3, -0.25) is 14.8 Å². The molecule has 10 heteroatoms. The molecule has 36 heavy (non-hydrogen) atoms. The van der Waals surface area contributed by atoms with Crippen molar-refractivity contribution in [1.82, 2.24) is 9.62 Å². The number of carbonyl (C=O) groups is 1. The molecule has 194 valence electrons. The molecule has 1 saturated carbocycles. The second kappa shape index (κ2) is 10.3. The summed E-state index contributed by atoms with van der Waals surface area (Å²) in [5.74, 6) is 2.11. The van der Waals surface area contributed by atoms with E-state index in [9.17, 15) is 13.2 Å². The highest BCUT2D eigenvalue weighted by Crippen LogP contribution is 2.35. The molecule has 2 N–H and O–H groups in total. The molecule has 5 rings (SSSR count). The lowest BCUT2D eigenvalue weighted by Crippen LogP contribution is -2.50. The zero-order valence-corrected chi connectivity index (χ0v) is 22.7. The van der Waals surface area contributed by atoms with Gasteiger partial charge in [-0.1, -0.05) is 31.0 Å². The summed E-state index contributed by atoms with van der Waals surface area (Å²) < 4.78 is 27.8. The molecule has 0 radical (unpaired) electrons. The second-order valence-corrected chi connectivity index (χ2v) is 13.2. The molecule has 2 fully saturated rings. The summed E-state index contributed by atoms with van der Waals surface area (Å²) in [6, 6.07) is 4.04. The first kappa shape index (κ1) is 25.5. The van der Waals surface area contributed by atoms with Crippen LogP contribution in [0.4, 0.5) is 5.69 Å². The van der Waals surface area contributed by atoms with E-state index in [1.807, 2.05) is 26.0 Å². The first-order valence-corrected chi connectivity index (χ1v) is 15.4. The summed E-state index contributed by atoms with van der Waals surface area (Å²) in [5, 5.41) is 8.61. The quantitative estimate of drug-likeness (QED) is 0.599. The maximum Gasteiger partial charge on any atom is 0.253 e. The molecule has 0 unspecified atom stereocenters. The summed E-state index contributed by atoms with van der Waals surface area (Å²) in [5.41, 5.74) is 3.05. The van der Waals surface area contributed by atoms with Crippen LogP contribution in [0, 0.1) is 19.8 Å². The zero-order valence-electron chi connectivity index (χ0n) is 21.0. The molecule has 3 heterocycles. The van der Waals surface area contributed by atoms with Crippen molar-refractivity contribution in [3.8, 4) is 0 Å². The van der Waals surface area contributed by atoms with E-state index in [0.29, 0.717) is 31.8 Å². The van der Waals surface area contributed by atoms with Crippen LogP contribution in [0.5, 0.6) is 0 Å². The fourth-order valence-corrected chi connectivity index (χ4v) is 7.57. The van der Waals surface area contributed by atoms with E-state index in [1.165, 1.54) is 29.0 Å². The summed E-state index contributed by atoms with van der Waals surface area (Å²) in [7, 11) is -3.61. The van der Waals surface area contributed by atoms with Crippen LogP contribution in [-0.4, -0.2) is 60.6 Å². The molecule has 1 aromatic carbocycles. The SMILES string of the molecule is Cc1cc(NC2=NCCS2)cc(C)c1/C=C/S(=O)(=O)N1CCC2(CC1)N=C(C1CCCCC1)NC2=O. The topological polar surface area (TPSA) is 103 Å². The van der Waals surface area contributed by atoms with Crippen LogP contribution in [0.1, 0.15) is 61.6 Å². The smallest absolute Gasteiger partial charge is 0.253 e. The largest absolute Gasteiger partial charge is 0.335 e. The summed E-state index contributed by atoms with van der Waals surface area (Å²) >= 11 is 1.70. The van der Waals surface area contributed by atoms with Gasteiger partial charge in [-0.15, -0.1) is 0 Å². The molecular formula is C26H35N5O3S2. The monoisotopic (exact) mass is 529 g/mol. The normalized spacial score (nSPS) is 23.2. The Kier molecular flexibility index (Phi) is 7.29. The van der Waals surface area contributed by atoms with E-state index in [2.05, 4.69) is 15.6 Å². The van der Waals surface area contributed by atoms with Gasteiger partial charge in [0.2, 0.25) is 10.0 Å². The predicted octanol–water partition coefficient (Wildman–Crippen LogP) is 4.06. The van der Waals surface area contributed by atoms with Crippen molar-refractivity contribution >= 4 is 50.5 Å². The molecule has 0 atom stereocenters. The van der Waals surface area contributed by atoms with Gasteiger partial charge in [0, 0.05) is 35.9 Å². The van der Waals surface area contributed by atoms with Crippen LogP contribution >= 0.6 is 11.8 Å². The van der Waals surface area contributed by atoms with Crippen molar-refractivity contribution in [2.45, 2.75) is 64.3 Å². The molecule has 1 aliphatic carbocycles. The summed E-state index contributed by atoms with van der Waals surface area (Å²) in [4.78, 5) is 22.2. The number of hydrogen-bond acceptors (Lipinski definition) is 7. The number of carbonyl (C=O) groups excluding carboxylic acids is 1. The minimum Gasteiger partial charge on any atom is -0.335 e. The number of piperidine rings is 1. The van der Waals surface area contributed by atoms with Gasteiger partial charge in [0.25, 0.3) is 5.91 Å². The number of aliphatic imine (C=N–C) groups is 2. The molecule has 1 aromatic rings. The third-order valence-corrected chi connectivity index (χ3v) is 10.2. The Bertz CT molecular complexity index is 1200. The predicted molar refractivity (Wildman–Crippen MR) is 148 cm³/mol. The van der Waals surface area contributed by atoms with Gasteiger partial charge in [-0.05, 0) is 74.4 Å². The Morgan fingerprint density at radius 2 is 1.83 bits per heavy atom. The number of aryl methyl sites for hydroxylation is 2. The molecule has 1 amide bonds. The summed E-state index contributed by atoms with van der Waals surface area (Å²) in [6.07, 6.45) is 8.28. The Hall–Kier alpha value is -2.17. The number of hydrogen-bond donors (Lipinski definition) is 2. The Balaban J connectivity index is 1.25. The average molecular weight is 530 g/mol. The number of rotatable bonds is 5. The number of benzene rings is 1. The van der Waals surface area contributed by atoms with Crippen LogP contribution in [0.2, 0.25) is 0 Å². The van der Waals surface area contributed by atoms with Crippen molar-refractivity contribution in [3.63, 3.8) is 0 Å². The van der Waals surface area contributed by atoms with E-state index >= 15 is 0 Å². The molecule has 0 bridgehead atoms. The first-order chi connectivity index (χ1) is 17.3. The Labute approximate surface area is 218 Å². The standard InChI is InChI=1S/C26H35N5O3S2/c1-18-16-21(28-25-27-11-14-35-25)17-19(2)22(18)8-15-36(33,34)31-12-9-26(10-13-31)24(32)29-23(30-26)20-6-4-3-5-7-20/h8,15-17,20H,3-7,9-14H2,1-2H3,(H,27,28)(H,29,30,32)/b15-8+. The third kappa shape index (κ3) is 5.26. The van der Waals surface area contributed by atoms with Crippen molar-refractivity contribution < 1.29 is 13.2 Å². The van der Waals surface area contributed by atoms with E-state index < -0.39 is 15.6 Å². The van der Waals surface area contributed by atoms with Gasteiger partial charge in [-0.2, -0.15) is 4.31 Å². The van der Waals surface area contributed by atoms with Gasteiger partial charge in [-0.25, -0.2) is 8.42 Å². The number of thioether (sulfide) groups is 1. The Morgan fingerprint density at radius 3 is 2.47 bits per heavy atom. The molecular weight excluding hydrogens is 494 g/mol. The van der Waals surface area contributed by atoms with E-state index in [4.69, 9.17) is 4.99 Å². The van der Waals surface area contributed by atoms with Gasteiger partial charge in [0.05, 0.1) is 6.54 Å². The number of anilines is 1. The number of amides is 1. The maximum atomic E-state index is 13.1. The second-order valence-electron chi connectivity index (χ2n) is 10.2. The van der Waals surface area contributed by atoms with Crippen molar-refractivity contribution in [2.24, 2.45) is 15.9 Å². The van der Waals surface area contributed by atoms with E-state index in [-0.39, 0.29) is 5.91 Å². The molecule has 8 nitrogen and oxygen atoms in total. The number of sulfonamides is 1. The average Bonchev–Trinajstić information content (AvgIpc) is 3.47. The van der Waals surface area contributed by atoms with E-state index in [1.54, 1.807) is 17.8 Å². The van der Waals surface area contributed by atoms with Crippen LogP contribution in [0.25, 0.3) is 6.08 Å².